The highest BCUT2D eigenvalue weighted by Gasteiger charge is 2.16. The van der Waals surface area contributed by atoms with Crippen LogP contribution in [0.1, 0.15) is 17.8 Å². The van der Waals surface area contributed by atoms with Gasteiger partial charge in [0.05, 0.1) is 10.6 Å². The van der Waals surface area contributed by atoms with E-state index in [9.17, 15) is 9.59 Å². The zero-order valence-electron chi connectivity index (χ0n) is 12.5. The summed E-state index contributed by atoms with van der Waals surface area (Å²) in [5, 5.41) is 5.40. The highest BCUT2D eigenvalue weighted by atomic mass is 32.2. The molecule has 0 bridgehead atoms. The number of aryl methyl sites for hydroxylation is 2. The van der Waals surface area contributed by atoms with E-state index in [1.807, 2.05) is 12.1 Å². The van der Waals surface area contributed by atoms with Crippen LogP contribution in [0.25, 0.3) is 0 Å². The van der Waals surface area contributed by atoms with Gasteiger partial charge in [0.1, 0.15) is 17.5 Å². The number of aromatic nitrogens is 3. The normalized spacial score (nSPS) is 15.3. The smallest absolute Gasteiger partial charge is 0.235 e. The quantitative estimate of drug-likeness (QED) is 0.765. The van der Waals surface area contributed by atoms with Gasteiger partial charge in [0.2, 0.25) is 11.8 Å². The average Bonchev–Trinajstić information content (AvgIpc) is 2.55. The fraction of sp³-hybridized carbons (Fsp3) is 0.267. The number of carbonyl (C=O) groups is 2. The second-order valence-corrected chi connectivity index (χ2v) is 6.04. The summed E-state index contributed by atoms with van der Waals surface area (Å²) in [5.74, 6) is 2.57. The zero-order valence-corrected chi connectivity index (χ0v) is 13.3. The number of fused-ring (bicyclic) bond motifs is 2. The lowest BCUT2D eigenvalue weighted by Gasteiger charge is -2.13. The van der Waals surface area contributed by atoms with E-state index in [2.05, 4.69) is 25.6 Å². The third-order valence-corrected chi connectivity index (χ3v) is 4.28. The summed E-state index contributed by atoms with van der Waals surface area (Å²) in [6.07, 6.45) is 4.82. The number of hydrogen-bond donors (Lipinski definition) is 2. The number of anilines is 2. The van der Waals surface area contributed by atoms with E-state index in [0.29, 0.717) is 23.8 Å². The minimum absolute atomic E-state index is 0.00519. The van der Waals surface area contributed by atoms with Crippen molar-refractivity contribution in [1.29, 1.82) is 0 Å². The second kappa shape index (κ2) is 6.74. The first-order valence-corrected chi connectivity index (χ1v) is 8.10. The van der Waals surface area contributed by atoms with Crippen LogP contribution in [0, 0.1) is 6.92 Å². The van der Waals surface area contributed by atoms with Crippen LogP contribution in [0.5, 0.6) is 0 Å². The van der Waals surface area contributed by atoms with E-state index >= 15 is 0 Å². The van der Waals surface area contributed by atoms with Crippen LogP contribution in [0.3, 0.4) is 0 Å². The van der Waals surface area contributed by atoms with Crippen molar-refractivity contribution < 1.29 is 9.59 Å². The minimum Gasteiger partial charge on any atom is -0.310 e. The molecule has 0 aliphatic carbocycles. The van der Waals surface area contributed by atoms with Gasteiger partial charge in [0.25, 0.3) is 0 Å². The Kier molecular flexibility index (Phi) is 4.52. The van der Waals surface area contributed by atoms with Gasteiger partial charge < -0.3 is 10.6 Å². The summed E-state index contributed by atoms with van der Waals surface area (Å²) < 4.78 is 0. The van der Waals surface area contributed by atoms with Crippen molar-refractivity contribution in [3.8, 4) is 0 Å². The van der Waals surface area contributed by atoms with E-state index in [-0.39, 0.29) is 11.8 Å². The Morgan fingerprint density at radius 1 is 1.09 bits per heavy atom. The highest BCUT2D eigenvalue weighted by Crippen LogP contribution is 2.28. The van der Waals surface area contributed by atoms with Gasteiger partial charge in [-0.25, -0.2) is 15.0 Å². The molecule has 8 heteroatoms. The van der Waals surface area contributed by atoms with Crippen LogP contribution in [0.4, 0.5) is 11.6 Å². The molecule has 0 spiro atoms. The van der Waals surface area contributed by atoms with Crippen LogP contribution >= 0.6 is 11.8 Å². The van der Waals surface area contributed by atoms with Crippen LogP contribution in [-0.2, 0) is 16.0 Å². The number of nitrogens with one attached hydrogen (secondary N) is 2. The molecule has 0 atom stereocenters. The van der Waals surface area contributed by atoms with Crippen molar-refractivity contribution in [2.24, 2.45) is 0 Å². The standard InChI is InChI=1S/C8H8N2O.C7H7N3OS/c11-7-4-3-6-2-1-5-9-8(6)10-7;1-4-8-2-5-7(9-4)10-6(11)3-12-5/h1-2,5H,3-4H2,(H,9,10,11);2H,3H2,1H3,(H,8,9,10,11). The number of rotatable bonds is 0. The molecule has 2 aromatic rings. The lowest BCUT2D eigenvalue weighted by molar-refractivity contribution is -0.116. The number of nitrogens with zero attached hydrogens (tertiary/aromatic N) is 3. The number of carbonyl (C=O) groups excluding carboxylic acids is 2. The maximum absolute atomic E-state index is 10.9. The Hall–Kier alpha value is -2.48. The Bertz CT molecular complexity index is 765. The largest absolute Gasteiger partial charge is 0.310 e. The molecule has 2 aliphatic heterocycles. The average molecular weight is 329 g/mol. The second-order valence-electron chi connectivity index (χ2n) is 5.03. The Morgan fingerprint density at radius 2 is 1.91 bits per heavy atom. The summed E-state index contributed by atoms with van der Waals surface area (Å²) >= 11 is 1.47. The third-order valence-electron chi connectivity index (χ3n) is 3.26. The van der Waals surface area contributed by atoms with Gasteiger partial charge in [0, 0.05) is 18.8 Å². The lowest BCUT2D eigenvalue weighted by atomic mass is 10.1. The molecule has 2 aromatic heterocycles. The van der Waals surface area contributed by atoms with Gasteiger partial charge in [-0.15, -0.1) is 11.8 Å². The fourth-order valence-electron chi connectivity index (χ4n) is 2.16. The SMILES string of the molecule is Cc1ncc2c(n1)NC(=O)CS2.O=C1CCc2cccnc2N1. The predicted molar refractivity (Wildman–Crippen MR) is 87.3 cm³/mol. The molecular formula is C15H15N5O2S. The predicted octanol–water partition coefficient (Wildman–Crippen LogP) is 1.80. The van der Waals surface area contributed by atoms with Gasteiger partial charge in [0.15, 0.2) is 0 Å². The summed E-state index contributed by atoms with van der Waals surface area (Å²) in [6.45, 7) is 1.80. The van der Waals surface area contributed by atoms with Gasteiger partial charge in [-0.1, -0.05) is 6.07 Å². The number of amides is 2. The number of thioether (sulfide) groups is 1. The molecular weight excluding hydrogens is 314 g/mol. The Labute approximate surface area is 137 Å². The molecule has 0 radical (unpaired) electrons. The third kappa shape index (κ3) is 3.84. The summed E-state index contributed by atoms with van der Waals surface area (Å²) in [5.41, 5.74) is 1.13. The molecule has 0 saturated carbocycles. The molecule has 2 amide bonds. The van der Waals surface area contributed by atoms with Crippen LogP contribution in [0.15, 0.2) is 29.4 Å². The van der Waals surface area contributed by atoms with E-state index in [0.717, 1.165) is 22.7 Å². The zero-order chi connectivity index (χ0) is 16.2. The van der Waals surface area contributed by atoms with Crippen molar-refractivity contribution >= 4 is 35.2 Å². The Morgan fingerprint density at radius 3 is 2.78 bits per heavy atom. The number of pyridine rings is 1. The van der Waals surface area contributed by atoms with Gasteiger partial charge in [-0.3, -0.25) is 9.59 Å². The van der Waals surface area contributed by atoms with Crippen LogP contribution in [-0.4, -0.2) is 32.5 Å². The molecule has 0 unspecified atom stereocenters. The fourth-order valence-corrected chi connectivity index (χ4v) is 2.88. The summed E-state index contributed by atoms with van der Waals surface area (Å²) in [7, 11) is 0. The maximum Gasteiger partial charge on any atom is 0.235 e. The molecule has 118 valence electrons. The molecule has 0 fully saturated rings. The van der Waals surface area contributed by atoms with Crippen molar-refractivity contribution in [1.82, 2.24) is 15.0 Å². The molecule has 7 nitrogen and oxygen atoms in total. The highest BCUT2D eigenvalue weighted by molar-refractivity contribution is 8.00. The molecule has 2 aliphatic rings. The first kappa shape index (κ1) is 15.4. The molecule has 2 N–H and O–H groups in total. The first-order valence-electron chi connectivity index (χ1n) is 7.12. The first-order chi connectivity index (χ1) is 11.1. The minimum atomic E-state index is 0.00519. The lowest BCUT2D eigenvalue weighted by Crippen LogP contribution is -2.20. The monoisotopic (exact) mass is 329 g/mol. The van der Waals surface area contributed by atoms with E-state index < -0.39 is 0 Å². The van der Waals surface area contributed by atoms with Gasteiger partial charge in [-0.05, 0) is 25.0 Å². The summed E-state index contributed by atoms with van der Waals surface area (Å²) in [6, 6.07) is 3.87. The molecule has 0 saturated heterocycles. The van der Waals surface area contributed by atoms with Crippen molar-refractivity contribution in [3.63, 3.8) is 0 Å². The molecule has 23 heavy (non-hydrogen) atoms. The summed E-state index contributed by atoms with van der Waals surface area (Å²) in [4.78, 5) is 34.9. The van der Waals surface area contributed by atoms with E-state index in [1.54, 1.807) is 19.3 Å². The van der Waals surface area contributed by atoms with Gasteiger partial charge >= 0.3 is 0 Å². The molecule has 0 aromatic carbocycles. The van der Waals surface area contributed by atoms with Crippen molar-refractivity contribution in [2.45, 2.75) is 24.7 Å². The Balaban J connectivity index is 0.000000136. The van der Waals surface area contributed by atoms with E-state index in [1.165, 1.54) is 11.8 Å². The van der Waals surface area contributed by atoms with Crippen molar-refractivity contribution in [2.75, 3.05) is 16.4 Å². The maximum atomic E-state index is 10.9. The van der Waals surface area contributed by atoms with Gasteiger partial charge in [-0.2, -0.15) is 0 Å². The molecule has 4 rings (SSSR count). The topological polar surface area (TPSA) is 96.9 Å². The van der Waals surface area contributed by atoms with Crippen molar-refractivity contribution in [3.05, 3.63) is 35.9 Å². The number of hydrogen-bond acceptors (Lipinski definition) is 6. The van der Waals surface area contributed by atoms with Crippen LogP contribution in [0.2, 0.25) is 0 Å². The van der Waals surface area contributed by atoms with E-state index in [4.69, 9.17) is 0 Å². The molecule has 4 heterocycles. The van der Waals surface area contributed by atoms with Crippen LogP contribution < -0.4 is 10.6 Å².